The summed E-state index contributed by atoms with van der Waals surface area (Å²) >= 11 is 6.29. The zero-order valence-electron chi connectivity index (χ0n) is 17.8. The largest absolute Gasteiger partial charge is 0.444 e. The first-order valence-electron chi connectivity index (χ1n) is 10.4. The SMILES string of the molecule is CCC1(c2nc(Cl)c3cnc(N[C@@H]4CCN(C(=O)OC(C)(C)C)C[C@H]4F)nn23)CC1. The topological polar surface area (TPSA) is 84.7 Å². The Labute approximate surface area is 180 Å². The van der Waals surface area contributed by atoms with Crippen LogP contribution in [0.25, 0.3) is 5.52 Å². The highest BCUT2D eigenvalue weighted by molar-refractivity contribution is 6.32. The number of rotatable bonds is 4. The highest BCUT2D eigenvalue weighted by Gasteiger charge is 2.47. The number of anilines is 1. The molecule has 0 unspecified atom stereocenters. The molecular formula is C20H28ClFN6O2. The maximum Gasteiger partial charge on any atom is 0.410 e. The van der Waals surface area contributed by atoms with E-state index in [0.29, 0.717) is 29.6 Å². The molecule has 0 aromatic carbocycles. The van der Waals surface area contributed by atoms with Crippen LogP contribution in [0, 0.1) is 0 Å². The molecule has 4 rings (SSSR count). The van der Waals surface area contributed by atoms with Crippen LogP contribution in [0.3, 0.4) is 0 Å². The smallest absolute Gasteiger partial charge is 0.410 e. The molecule has 2 aromatic heterocycles. The molecule has 1 saturated carbocycles. The Hall–Kier alpha value is -2.16. The first-order valence-corrected chi connectivity index (χ1v) is 10.8. The number of carbonyl (C=O) groups is 1. The average Bonchev–Trinajstić information content (AvgIpc) is 3.40. The van der Waals surface area contributed by atoms with Crippen LogP contribution < -0.4 is 5.32 Å². The third-order valence-corrected chi connectivity index (χ3v) is 6.14. The van der Waals surface area contributed by atoms with Crippen molar-refractivity contribution in [1.29, 1.82) is 0 Å². The van der Waals surface area contributed by atoms with Crippen molar-refractivity contribution in [3.05, 3.63) is 17.2 Å². The molecule has 2 atom stereocenters. The monoisotopic (exact) mass is 438 g/mol. The number of likely N-dealkylation sites (tertiary alicyclic amines) is 1. The van der Waals surface area contributed by atoms with Crippen LogP contribution in [-0.2, 0) is 10.2 Å². The predicted molar refractivity (Wildman–Crippen MR) is 112 cm³/mol. The van der Waals surface area contributed by atoms with Gasteiger partial charge in [0.25, 0.3) is 0 Å². The van der Waals surface area contributed by atoms with Gasteiger partial charge in [-0.05, 0) is 46.5 Å². The second-order valence-electron chi connectivity index (χ2n) is 9.22. The Morgan fingerprint density at radius 1 is 1.43 bits per heavy atom. The van der Waals surface area contributed by atoms with Crippen molar-refractivity contribution in [3.8, 4) is 0 Å². The molecule has 1 aliphatic heterocycles. The number of hydrogen-bond acceptors (Lipinski definition) is 6. The van der Waals surface area contributed by atoms with Gasteiger partial charge in [-0.15, -0.1) is 5.10 Å². The van der Waals surface area contributed by atoms with E-state index in [1.165, 1.54) is 4.90 Å². The van der Waals surface area contributed by atoms with E-state index in [9.17, 15) is 9.18 Å². The normalized spacial score (nSPS) is 23.5. The molecule has 2 aromatic rings. The maximum atomic E-state index is 14.8. The number of nitrogens with one attached hydrogen (secondary N) is 1. The standard InChI is InChI=1S/C20H28ClFN6O2/c1-5-20(7-8-20)16-25-15(21)14-10-23-17(26-28(14)16)24-13-6-9-27(11-12(13)22)18(29)30-19(2,3)4/h10,12-13H,5-9,11H2,1-4H3,(H,24,26)/t12-,13-/m1/s1. The van der Waals surface area contributed by atoms with Gasteiger partial charge >= 0.3 is 6.09 Å². The highest BCUT2D eigenvalue weighted by Crippen LogP contribution is 2.50. The Balaban J connectivity index is 1.47. The van der Waals surface area contributed by atoms with E-state index in [-0.39, 0.29) is 12.0 Å². The van der Waals surface area contributed by atoms with Crippen LogP contribution in [0.1, 0.15) is 59.2 Å². The quantitative estimate of drug-likeness (QED) is 0.777. The fourth-order valence-electron chi connectivity index (χ4n) is 3.87. The fraction of sp³-hybridized carbons (Fsp3) is 0.700. The van der Waals surface area contributed by atoms with Crippen molar-refractivity contribution in [1.82, 2.24) is 24.5 Å². The van der Waals surface area contributed by atoms with Crippen LogP contribution >= 0.6 is 11.6 Å². The fourth-order valence-corrected chi connectivity index (χ4v) is 4.08. The number of fused-ring (bicyclic) bond motifs is 1. The number of alkyl halides is 1. The number of ether oxygens (including phenoxy) is 1. The first-order chi connectivity index (χ1) is 14.1. The summed E-state index contributed by atoms with van der Waals surface area (Å²) in [5, 5.41) is 8.03. The molecule has 0 spiro atoms. The van der Waals surface area contributed by atoms with Crippen molar-refractivity contribution in [2.75, 3.05) is 18.4 Å². The van der Waals surface area contributed by atoms with Crippen molar-refractivity contribution in [3.63, 3.8) is 0 Å². The van der Waals surface area contributed by atoms with Gasteiger partial charge in [0.1, 0.15) is 23.1 Å². The van der Waals surface area contributed by atoms with E-state index in [2.05, 4.69) is 27.3 Å². The Kier molecular flexibility index (Phi) is 5.28. The van der Waals surface area contributed by atoms with Gasteiger partial charge in [0.15, 0.2) is 5.15 Å². The summed E-state index contributed by atoms with van der Waals surface area (Å²) in [5.41, 5.74) is 0.0550. The lowest BCUT2D eigenvalue weighted by molar-refractivity contribution is 0.0125. The van der Waals surface area contributed by atoms with Gasteiger partial charge in [0, 0.05) is 12.0 Å². The molecule has 3 heterocycles. The van der Waals surface area contributed by atoms with Gasteiger partial charge < -0.3 is 15.0 Å². The van der Waals surface area contributed by atoms with Gasteiger partial charge in [0.2, 0.25) is 5.95 Å². The minimum Gasteiger partial charge on any atom is -0.444 e. The minimum absolute atomic E-state index is 0.0169. The molecule has 2 fully saturated rings. The van der Waals surface area contributed by atoms with Crippen LogP contribution in [0.4, 0.5) is 15.1 Å². The molecule has 1 N–H and O–H groups in total. The summed E-state index contributed by atoms with van der Waals surface area (Å²) in [6.45, 7) is 7.88. The lowest BCUT2D eigenvalue weighted by Crippen LogP contribution is -2.51. The Morgan fingerprint density at radius 2 is 2.17 bits per heavy atom. The number of hydrogen-bond donors (Lipinski definition) is 1. The van der Waals surface area contributed by atoms with Gasteiger partial charge in [-0.2, -0.15) is 0 Å². The van der Waals surface area contributed by atoms with Gasteiger partial charge in [0.05, 0.1) is 18.8 Å². The number of piperidine rings is 1. The summed E-state index contributed by atoms with van der Waals surface area (Å²) in [6, 6.07) is -0.496. The van der Waals surface area contributed by atoms with E-state index in [4.69, 9.17) is 16.3 Å². The molecule has 0 bridgehead atoms. The van der Waals surface area contributed by atoms with Gasteiger partial charge in [-0.25, -0.2) is 23.7 Å². The average molecular weight is 439 g/mol. The zero-order valence-corrected chi connectivity index (χ0v) is 18.5. The van der Waals surface area contributed by atoms with Crippen LogP contribution in [0.5, 0.6) is 0 Å². The summed E-state index contributed by atoms with van der Waals surface area (Å²) < 4.78 is 21.9. The summed E-state index contributed by atoms with van der Waals surface area (Å²) in [4.78, 5) is 22.4. The number of amides is 1. The maximum absolute atomic E-state index is 14.8. The molecule has 2 aliphatic rings. The van der Waals surface area contributed by atoms with Crippen molar-refractivity contribution in [2.24, 2.45) is 0 Å². The zero-order chi connectivity index (χ0) is 21.7. The number of halogens is 2. The van der Waals surface area contributed by atoms with Gasteiger partial charge in [-0.3, -0.25) is 0 Å². The van der Waals surface area contributed by atoms with Crippen LogP contribution in [0.2, 0.25) is 5.15 Å². The molecule has 1 aliphatic carbocycles. The Morgan fingerprint density at radius 3 is 2.77 bits per heavy atom. The van der Waals surface area contributed by atoms with Crippen molar-refractivity contribution < 1.29 is 13.9 Å². The number of carbonyl (C=O) groups excluding carboxylic acids is 1. The third-order valence-electron chi connectivity index (χ3n) is 5.86. The molecule has 1 amide bonds. The van der Waals surface area contributed by atoms with Crippen molar-refractivity contribution in [2.45, 2.75) is 76.6 Å². The second-order valence-corrected chi connectivity index (χ2v) is 9.58. The minimum atomic E-state index is -1.26. The summed E-state index contributed by atoms with van der Waals surface area (Å²) in [6.07, 6.45) is 3.37. The van der Waals surface area contributed by atoms with E-state index in [1.807, 2.05) is 0 Å². The predicted octanol–water partition coefficient (Wildman–Crippen LogP) is 3.98. The van der Waals surface area contributed by atoms with Crippen LogP contribution in [0.15, 0.2) is 6.20 Å². The number of imidazole rings is 1. The van der Waals surface area contributed by atoms with E-state index in [0.717, 1.165) is 25.1 Å². The van der Waals surface area contributed by atoms with E-state index >= 15 is 0 Å². The number of aromatic nitrogens is 4. The second kappa shape index (κ2) is 7.51. The molecular weight excluding hydrogens is 411 g/mol. The summed E-state index contributed by atoms with van der Waals surface area (Å²) in [5.74, 6) is 1.16. The third kappa shape index (κ3) is 4.04. The van der Waals surface area contributed by atoms with Crippen LogP contribution in [-0.4, -0.2) is 61.5 Å². The van der Waals surface area contributed by atoms with Gasteiger partial charge in [-0.1, -0.05) is 18.5 Å². The molecule has 8 nitrogen and oxygen atoms in total. The Bertz CT molecular complexity index is 955. The summed E-state index contributed by atoms with van der Waals surface area (Å²) in [7, 11) is 0. The van der Waals surface area contributed by atoms with Crippen molar-refractivity contribution >= 4 is 29.2 Å². The molecule has 10 heteroatoms. The van der Waals surface area contributed by atoms with E-state index in [1.54, 1.807) is 31.5 Å². The first kappa shape index (κ1) is 21.1. The number of nitrogens with zero attached hydrogens (tertiary/aromatic N) is 5. The molecule has 30 heavy (non-hydrogen) atoms. The lowest BCUT2D eigenvalue weighted by atomic mass is 10.0. The molecule has 0 radical (unpaired) electrons. The highest BCUT2D eigenvalue weighted by atomic mass is 35.5. The molecule has 164 valence electrons. The lowest BCUT2D eigenvalue weighted by Gasteiger charge is -2.35. The molecule has 1 saturated heterocycles. The van der Waals surface area contributed by atoms with E-state index < -0.39 is 23.9 Å².